The topological polar surface area (TPSA) is 53.4 Å². The average molecular weight is 268 g/mol. The van der Waals surface area contributed by atoms with Crippen molar-refractivity contribution in [2.75, 3.05) is 13.1 Å². The number of thiazole rings is 1. The van der Waals surface area contributed by atoms with Gasteiger partial charge in [-0.05, 0) is 26.7 Å². The first-order chi connectivity index (χ1) is 8.40. The number of aromatic nitrogens is 1. The van der Waals surface area contributed by atoms with E-state index in [2.05, 4.69) is 23.7 Å². The van der Waals surface area contributed by atoms with Gasteiger partial charge >= 0.3 is 5.97 Å². The predicted molar refractivity (Wildman–Crippen MR) is 71.9 cm³/mol. The fraction of sp³-hybridized carbons (Fsp3) is 0.692. The Morgan fingerprint density at radius 2 is 2.06 bits per heavy atom. The molecule has 0 saturated carbocycles. The predicted octanol–water partition coefficient (Wildman–Crippen LogP) is 2.47. The zero-order valence-corrected chi connectivity index (χ0v) is 12.1. The summed E-state index contributed by atoms with van der Waals surface area (Å²) in [6, 6.07) is 0.298. The van der Waals surface area contributed by atoms with Gasteiger partial charge in [0.1, 0.15) is 0 Å². The third kappa shape index (κ3) is 2.42. The molecule has 0 aliphatic carbocycles. The molecule has 1 saturated heterocycles. The fourth-order valence-corrected chi connectivity index (χ4v) is 3.40. The number of aliphatic carboxylic acids is 1. The molecule has 2 rings (SSSR count). The highest BCUT2D eigenvalue weighted by Crippen LogP contribution is 2.34. The second-order valence-corrected chi connectivity index (χ2v) is 6.60. The smallest absolute Gasteiger partial charge is 0.306 e. The fourth-order valence-electron chi connectivity index (χ4n) is 2.49. The molecule has 1 aromatic rings. The third-order valence-corrected chi connectivity index (χ3v) is 4.82. The number of carboxylic acids is 1. The van der Waals surface area contributed by atoms with Gasteiger partial charge in [-0.1, -0.05) is 6.92 Å². The molecule has 0 radical (unpaired) electrons. The number of nitrogens with zero attached hydrogens (tertiary/aromatic N) is 2. The molecule has 5 heteroatoms. The molecule has 2 atom stereocenters. The molecule has 0 amide bonds. The number of hydrogen-bond acceptors (Lipinski definition) is 4. The lowest BCUT2D eigenvalue weighted by atomic mass is 9.85. The van der Waals surface area contributed by atoms with Gasteiger partial charge in [0.2, 0.25) is 0 Å². The Labute approximate surface area is 112 Å². The standard InChI is InChI=1S/C13H20N2O2S/c1-7(13(16)17)11-5-15(6-11)8(2)12-9(3)18-10(4)14-12/h7-8,11H,5-6H2,1-4H3,(H,16,17). The molecule has 1 aliphatic rings. The molecule has 0 spiro atoms. The molecule has 18 heavy (non-hydrogen) atoms. The van der Waals surface area contributed by atoms with E-state index in [1.54, 1.807) is 18.3 Å². The van der Waals surface area contributed by atoms with Crippen molar-refractivity contribution in [3.05, 3.63) is 15.6 Å². The summed E-state index contributed by atoms with van der Waals surface area (Å²) in [6.07, 6.45) is 0. The molecule has 1 N–H and O–H groups in total. The van der Waals surface area contributed by atoms with E-state index in [4.69, 9.17) is 5.11 Å². The van der Waals surface area contributed by atoms with E-state index in [1.807, 2.05) is 6.92 Å². The lowest BCUT2D eigenvalue weighted by Gasteiger charge is -2.44. The van der Waals surface area contributed by atoms with E-state index in [1.165, 1.54) is 4.88 Å². The number of carboxylic acid groups (broad SMARTS) is 1. The Balaban J connectivity index is 1.96. The van der Waals surface area contributed by atoms with Gasteiger partial charge in [0.25, 0.3) is 0 Å². The van der Waals surface area contributed by atoms with E-state index in [0.717, 1.165) is 23.8 Å². The van der Waals surface area contributed by atoms with Gasteiger partial charge in [-0.2, -0.15) is 0 Å². The van der Waals surface area contributed by atoms with E-state index in [-0.39, 0.29) is 11.8 Å². The number of rotatable bonds is 4. The second kappa shape index (κ2) is 4.97. The van der Waals surface area contributed by atoms with E-state index >= 15 is 0 Å². The largest absolute Gasteiger partial charge is 0.481 e. The minimum absolute atomic E-state index is 0.244. The highest BCUT2D eigenvalue weighted by Gasteiger charge is 2.37. The summed E-state index contributed by atoms with van der Waals surface area (Å²) in [6.45, 7) is 9.82. The number of carbonyl (C=O) groups is 1. The zero-order valence-electron chi connectivity index (χ0n) is 11.3. The summed E-state index contributed by atoms with van der Waals surface area (Å²) in [5.41, 5.74) is 1.15. The van der Waals surface area contributed by atoms with Crippen LogP contribution in [0.25, 0.3) is 0 Å². The summed E-state index contributed by atoms with van der Waals surface area (Å²) in [5.74, 6) is -0.648. The van der Waals surface area contributed by atoms with Gasteiger partial charge in [-0.25, -0.2) is 4.98 Å². The molecule has 1 aliphatic heterocycles. The molecule has 1 aromatic heterocycles. The first-order valence-electron chi connectivity index (χ1n) is 6.31. The summed E-state index contributed by atoms with van der Waals surface area (Å²) in [7, 11) is 0. The van der Waals surface area contributed by atoms with Crippen molar-refractivity contribution in [1.29, 1.82) is 0 Å². The van der Waals surface area contributed by atoms with Crippen LogP contribution in [0.2, 0.25) is 0 Å². The molecule has 0 aromatic carbocycles. The molecular weight excluding hydrogens is 248 g/mol. The maximum Gasteiger partial charge on any atom is 0.306 e. The normalized spacial score (nSPS) is 20.4. The van der Waals surface area contributed by atoms with Gasteiger partial charge < -0.3 is 5.11 Å². The van der Waals surface area contributed by atoms with E-state index < -0.39 is 5.97 Å². The first-order valence-corrected chi connectivity index (χ1v) is 7.12. The molecule has 4 nitrogen and oxygen atoms in total. The van der Waals surface area contributed by atoms with Gasteiger partial charge in [-0.15, -0.1) is 11.3 Å². The maximum absolute atomic E-state index is 10.9. The highest BCUT2D eigenvalue weighted by molar-refractivity contribution is 7.11. The number of aryl methyl sites for hydroxylation is 2. The van der Waals surface area contributed by atoms with Crippen molar-refractivity contribution in [2.24, 2.45) is 11.8 Å². The zero-order chi connectivity index (χ0) is 13.4. The summed E-state index contributed by atoms with van der Waals surface area (Å²) in [5, 5.41) is 10.1. The lowest BCUT2D eigenvalue weighted by molar-refractivity contribution is -0.146. The van der Waals surface area contributed by atoms with Crippen LogP contribution >= 0.6 is 11.3 Å². The van der Waals surface area contributed by atoms with Crippen molar-refractivity contribution < 1.29 is 9.90 Å². The Morgan fingerprint density at radius 3 is 2.50 bits per heavy atom. The van der Waals surface area contributed by atoms with Crippen molar-refractivity contribution in [3.8, 4) is 0 Å². The summed E-state index contributed by atoms with van der Waals surface area (Å²) < 4.78 is 0. The van der Waals surface area contributed by atoms with Gasteiger partial charge in [0.05, 0.1) is 22.7 Å². The van der Waals surface area contributed by atoms with Crippen molar-refractivity contribution in [2.45, 2.75) is 33.7 Å². The van der Waals surface area contributed by atoms with Gasteiger partial charge in [0.15, 0.2) is 0 Å². The minimum atomic E-state index is -0.687. The number of likely N-dealkylation sites (tertiary alicyclic amines) is 1. The van der Waals surface area contributed by atoms with Crippen molar-refractivity contribution >= 4 is 17.3 Å². The Hall–Kier alpha value is -0.940. The Bertz CT molecular complexity index is 452. The van der Waals surface area contributed by atoms with Crippen LogP contribution in [-0.2, 0) is 4.79 Å². The summed E-state index contributed by atoms with van der Waals surface area (Å²) >= 11 is 1.73. The quantitative estimate of drug-likeness (QED) is 0.911. The van der Waals surface area contributed by atoms with Crippen LogP contribution in [0, 0.1) is 25.7 Å². The van der Waals surface area contributed by atoms with E-state index in [0.29, 0.717) is 6.04 Å². The summed E-state index contributed by atoms with van der Waals surface area (Å²) in [4.78, 5) is 19.1. The van der Waals surface area contributed by atoms with Crippen LogP contribution in [0.15, 0.2) is 0 Å². The van der Waals surface area contributed by atoms with Crippen LogP contribution in [-0.4, -0.2) is 34.0 Å². The van der Waals surface area contributed by atoms with Crippen LogP contribution in [0.3, 0.4) is 0 Å². The monoisotopic (exact) mass is 268 g/mol. The highest BCUT2D eigenvalue weighted by atomic mass is 32.1. The van der Waals surface area contributed by atoms with Crippen molar-refractivity contribution in [3.63, 3.8) is 0 Å². The molecule has 1 fully saturated rings. The average Bonchev–Trinajstić information content (AvgIpc) is 2.55. The van der Waals surface area contributed by atoms with Crippen LogP contribution in [0.1, 0.15) is 35.5 Å². The van der Waals surface area contributed by atoms with Crippen LogP contribution in [0.5, 0.6) is 0 Å². The van der Waals surface area contributed by atoms with E-state index in [9.17, 15) is 4.79 Å². The van der Waals surface area contributed by atoms with Gasteiger partial charge in [-0.3, -0.25) is 9.69 Å². The Morgan fingerprint density at radius 1 is 1.44 bits per heavy atom. The second-order valence-electron chi connectivity index (χ2n) is 5.19. The van der Waals surface area contributed by atoms with Crippen molar-refractivity contribution in [1.82, 2.24) is 9.88 Å². The van der Waals surface area contributed by atoms with Crippen LogP contribution < -0.4 is 0 Å². The molecule has 2 heterocycles. The maximum atomic E-state index is 10.9. The molecule has 100 valence electrons. The first kappa shape index (κ1) is 13.5. The third-order valence-electron chi connectivity index (χ3n) is 3.92. The van der Waals surface area contributed by atoms with Gasteiger partial charge in [0, 0.05) is 18.0 Å². The SMILES string of the molecule is Cc1nc(C(C)N2CC(C(C)C(=O)O)C2)c(C)s1. The Kier molecular flexibility index (Phi) is 3.73. The lowest BCUT2D eigenvalue weighted by Crippen LogP contribution is -2.51. The number of hydrogen-bond donors (Lipinski definition) is 1. The molecule has 2 unspecified atom stereocenters. The van der Waals surface area contributed by atoms with Crippen LogP contribution in [0.4, 0.5) is 0 Å². The minimum Gasteiger partial charge on any atom is -0.481 e. The molecule has 0 bridgehead atoms. The molecular formula is C13H20N2O2S.